The van der Waals surface area contributed by atoms with Crippen LogP contribution in [-0.2, 0) is 6.61 Å². The zero-order valence-electron chi connectivity index (χ0n) is 12.0. The molecule has 1 N–H and O–H groups in total. The van der Waals surface area contributed by atoms with E-state index < -0.39 is 0 Å². The summed E-state index contributed by atoms with van der Waals surface area (Å²) in [5.41, 5.74) is 1.06. The molecule has 21 heavy (non-hydrogen) atoms. The van der Waals surface area contributed by atoms with Crippen LogP contribution >= 0.6 is 0 Å². The summed E-state index contributed by atoms with van der Waals surface area (Å²) in [6.45, 7) is 3.41. The third-order valence-electron chi connectivity index (χ3n) is 3.37. The Hall–Kier alpha value is -2.55. The predicted molar refractivity (Wildman–Crippen MR) is 86.7 cm³/mol. The van der Waals surface area contributed by atoms with Crippen LogP contribution in [0.4, 0.5) is 5.82 Å². The first-order valence-electron chi connectivity index (χ1n) is 7.17. The standard InChI is InChI=1S/C18H18N2O/c1-2-19-18-15(9-6-12-20-18)13-21-17-11-5-8-14-7-3-4-10-16(14)17/h3-12H,2,13H2,1H3,(H,19,20). The summed E-state index contributed by atoms with van der Waals surface area (Å²) in [7, 11) is 0. The summed E-state index contributed by atoms with van der Waals surface area (Å²) in [5.74, 6) is 1.79. The van der Waals surface area contributed by atoms with Gasteiger partial charge in [-0.3, -0.25) is 0 Å². The van der Waals surface area contributed by atoms with Gasteiger partial charge in [-0.05, 0) is 24.4 Å². The quantitative estimate of drug-likeness (QED) is 0.757. The fourth-order valence-corrected chi connectivity index (χ4v) is 2.36. The topological polar surface area (TPSA) is 34.2 Å². The lowest BCUT2D eigenvalue weighted by molar-refractivity contribution is 0.310. The number of hydrogen-bond acceptors (Lipinski definition) is 3. The van der Waals surface area contributed by atoms with E-state index in [0.29, 0.717) is 6.61 Å². The Kier molecular flexibility index (Phi) is 4.01. The average Bonchev–Trinajstić information content (AvgIpc) is 2.54. The van der Waals surface area contributed by atoms with Gasteiger partial charge in [0.25, 0.3) is 0 Å². The maximum Gasteiger partial charge on any atom is 0.132 e. The summed E-state index contributed by atoms with van der Waals surface area (Å²) >= 11 is 0. The van der Waals surface area contributed by atoms with Crippen molar-refractivity contribution >= 4 is 16.6 Å². The van der Waals surface area contributed by atoms with Gasteiger partial charge in [0, 0.05) is 23.7 Å². The first-order chi connectivity index (χ1) is 10.4. The third kappa shape index (κ3) is 2.97. The minimum Gasteiger partial charge on any atom is -0.488 e. The van der Waals surface area contributed by atoms with E-state index in [9.17, 15) is 0 Å². The van der Waals surface area contributed by atoms with Gasteiger partial charge in [0.15, 0.2) is 0 Å². The summed E-state index contributed by atoms with van der Waals surface area (Å²) in [4.78, 5) is 4.35. The second-order valence-corrected chi connectivity index (χ2v) is 4.81. The molecule has 0 radical (unpaired) electrons. The summed E-state index contributed by atoms with van der Waals surface area (Å²) in [5, 5.41) is 5.58. The smallest absolute Gasteiger partial charge is 0.132 e. The lowest BCUT2D eigenvalue weighted by Crippen LogP contribution is -2.05. The average molecular weight is 278 g/mol. The van der Waals surface area contributed by atoms with E-state index in [1.54, 1.807) is 6.20 Å². The van der Waals surface area contributed by atoms with Crippen molar-refractivity contribution in [1.29, 1.82) is 0 Å². The van der Waals surface area contributed by atoms with E-state index in [-0.39, 0.29) is 0 Å². The van der Waals surface area contributed by atoms with Gasteiger partial charge in [0.05, 0.1) is 0 Å². The molecule has 3 heteroatoms. The first kappa shape index (κ1) is 13.4. The fraction of sp³-hybridized carbons (Fsp3) is 0.167. The van der Waals surface area contributed by atoms with Crippen molar-refractivity contribution in [3.63, 3.8) is 0 Å². The highest BCUT2D eigenvalue weighted by atomic mass is 16.5. The highest BCUT2D eigenvalue weighted by Gasteiger charge is 2.05. The van der Waals surface area contributed by atoms with Gasteiger partial charge in [0.2, 0.25) is 0 Å². The summed E-state index contributed by atoms with van der Waals surface area (Å²) < 4.78 is 6.01. The van der Waals surface area contributed by atoms with Crippen molar-refractivity contribution in [3.05, 3.63) is 66.4 Å². The maximum absolute atomic E-state index is 6.01. The lowest BCUT2D eigenvalue weighted by atomic mass is 10.1. The molecule has 106 valence electrons. The van der Waals surface area contributed by atoms with Crippen LogP contribution in [0.5, 0.6) is 5.75 Å². The lowest BCUT2D eigenvalue weighted by Gasteiger charge is -2.12. The largest absolute Gasteiger partial charge is 0.488 e. The number of nitrogens with one attached hydrogen (secondary N) is 1. The number of nitrogens with zero attached hydrogens (tertiary/aromatic N) is 1. The van der Waals surface area contributed by atoms with Crippen molar-refractivity contribution in [1.82, 2.24) is 4.98 Å². The Labute approximate surface area is 124 Å². The van der Waals surface area contributed by atoms with Crippen molar-refractivity contribution < 1.29 is 4.74 Å². The molecule has 0 saturated carbocycles. The van der Waals surface area contributed by atoms with Crippen LogP contribution in [0.1, 0.15) is 12.5 Å². The maximum atomic E-state index is 6.01. The van der Waals surface area contributed by atoms with Crippen LogP contribution in [0.15, 0.2) is 60.8 Å². The molecule has 0 spiro atoms. The second kappa shape index (κ2) is 6.27. The van der Waals surface area contributed by atoms with Gasteiger partial charge in [0.1, 0.15) is 18.2 Å². The van der Waals surface area contributed by atoms with Crippen LogP contribution in [0.25, 0.3) is 10.8 Å². The zero-order chi connectivity index (χ0) is 14.5. The van der Waals surface area contributed by atoms with Gasteiger partial charge < -0.3 is 10.1 Å². The number of hydrogen-bond donors (Lipinski definition) is 1. The Balaban J connectivity index is 1.84. The minimum absolute atomic E-state index is 0.504. The number of rotatable bonds is 5. The van der Waals surface area contributed by atoms with Crippen LogP contribution in [0.2, 0.25) is 0 Å². The number of anilines is 1. The molecule has 2 aromatic carbocycles. The Morgan fingerprint density at radius 2 is 1.86 bits per heavy atom. The second-order valence-electron chi connectivity index (χ2n) is 4.81. The molecule has 0 bridgehead atoms. The molecule has 0 fully saturated rings. The van der Waals surface area contributed by atoms with Crippen molar-refractivity contribution in [3.8, 4) is 5.75 Å². The van der Waals surface area contributed by atoms with Crippen LogP contribution in [0, 0.1) is 0 Å². The highest BCUT2D eigenvalue weighted by Crippen LogP contribution is 2.26. The Morgan fingerprint density at radius 3 is 2.76 bits per heavy atom. The summed E-state index contributed by atoms with van der Waals surface area (Å²) in [6.07, 6.45) is 1.79. The fourth-order valence-electron chi connectivity index (χ4n) is 2.36. The van der Waals surface area contributed by atoms with Crippen molar-refractivity contribution in [2.24, 2.45) is 0 Å². The van der Waals surface area contributed by atoms with E-state index in [2.05, 4.69) is 35.4 Å². The molecule has 0 aliphatic heterocycles. The van der Waals surface area contributed by atoms with E-state index >= 15 is 0 Å². The van der Waals surface area contributed by atoms with E-state index in [1.165, 1.54) is 5.39 Å². The van der Waals surface area contributed by atoms with Gasteiger partial charge in [-0.1, -0.05) is 42.5 Å². The summed E-state index contributed by atoms with van der Waals surface area (Å²) in [6, 6.07) is 18.3. The van der Waals surface area contributed by atoms with Gasteiger partial charge in [-0.2, -0.15) is 0 Å². The van der Waals surface area contributed by atoms with E-state index in [1.807, 2.05) is 36.4 Å². The number of pyridine rings is 1. The molecule has 0 saturated heterocycles. The Morgan fingerprint density at radius 1 is 1.00 bits per heavy atom. The Bertz CT molecular complexity index is 735. The highest BCUT2D eigenvalue weighted by molar-refractivity contribution is 5.88. The minimum atomic E-state index is 0.504. The normalized spacial score (nSPS) is 10.5. The molecule has 0 aliphatic rings. The van der Waals surface area contributed by atoms with Crippen LogP contribution < -0.4 is 10.1 Å². The number of benzene rings is 2. The molecular weight excluding hydrogens is 260 g/mol. The van der Waals surface area contributed by atoms with Gasteiger partial charge in [-0.15, -0.1) is 0 Å². The molecule has 1 heterocycles. The van der Waals surface area contributed by atoms with Crippen molar-refractivity contribution in [2.45, 2.75) is 13.5 Å². The number of aromatic nitrogens is 1. The molecule has 0 unspecified atom stereocenters. The van der Waals surface area contributed by atoms with Crippen molar-refractivity contribution in [2.75, 3.05) is 11.9 Å². The monoisotopic (exact) mass is 278 g/mol. The third-order valence-corrected chi connectivity index (χ3v) is 3.37. The molecule has 3 nitrogen and oxygen atoms in total. The molecule has 0 atom stereocenters. The molecule has 0 aliphatic carbocycles. The molecule has 1 aromatic heterocycles. The SMILES string of the molecule is CCNc1ncccc1COc1cccc2ccccc12. The van der Waals surface area contributed by atoms with Gasteiger partial charge in [-0.25, -0.2) is 4.98 Å². The molecule has 3 rings (SSSR count). The van der Waals surface area contributed by atoms with Crippen LogP contribution in [0.3, 0.4) is 0 Å². The number of fused-ring (bicyclic) bond motifs is 1. The number of ether oxygens (including phenoxy) is 1. The zero-order valence-corrected chi connectivity index (χ0v) is 12.0. The van der Waals surface area contributed by atoms with Gasteiger partial charge >= 0.3 is 0 Å². The molecule has 3 aromatic rings. The molecular formula is C18H18N2O. The molecule has 0 amide bonds. The predicted octanol–water partition coefficient (Wildman–Crippen LogP) is 4.25. The van der Waals surface area contributed by atoms with E-state index in [4.69, 9.17) is 4.74 Å². The van der Waals surface area contributed by atoms with Crippen LogP contribution in [-0.4, -0.2) is 11.5 Å². The van der Waals surface area contributed by atoms with E-state index in [0.717, 1.165) is 29.1 Å². The first-order valence-corrected chi connectivity index (χ1v) is 7.17.